The Bertz CT molecular complexity index is 1240. The van der Waals surface area contributed by atoms with E-state index in [1.54, 1.807) is 0 Å². The van der Waals surface area contributed by atoms with Gasteiger partial charge in [-0.3, -0.25) is 9.36 Å². The van der Waals surface area contributed by atoms with Crippen LogP contribution in [0.3, 0.4) is 0 Å². The van der Waals surface area contributed by atoms with Gasteiger partial charge in [-0.1, -0.05) is 150 Å². The molecule has 0 N–H and O–H groups in total. The van der Waals surface area contributed by atoms with Gasteiger partial charge in [0.15, 0.2) is 0 Å². The van der Waals surface area contributed by atoms with E-state index in [0.29, 0.717) is 24.1 Å². The molecule has 2 unspecified atom stereocenters. The molecule has 0 heterocycles. The van der Waals surface area contributed by atoms with E-state index >= 15 is 0 Å². The van der Waals surface area contributed by atoms with Crippen LogP contribution in [-0.4, -0.2) is 70.7 Å². The molecule has 0 radical (unpaired) electrons. The smallest absolute Gasteiger partial charge is 0.306 e. The van der Waals surface area contributed by atoms with E-state index in [1.807, 2.05) is 21.1 Å². The minimum atomic E-state index is -4.55. The lowest BCUT2D eigenvalue weighted by atomic mass is 10.1. The van der Waals surface area contributed by atoms with Gasteiger partial charge in [0, 0.05) is 13.0 Å². The molecule has 0 aromatic rings. The van der Waals surface area contributed by atoms with Crippen molar-refractivity contribution >= 4 is 13.8 Å². The lowest BCUT2D eigenvalue weighted by Crippen LogP contribution is -2.37. The number of hydrogen-bond donors (Lipinski definition) is 0. The third-order valence-corrected chi connectivity index (χ3v) is 9.83. The van der Waals surface area contributed by atoms with Crippen LogP contribution in [0.4, 0.5) is 0 Å². The predicted molar refractivity (Wildman–Crippen MR) is 245 cm³/mol. The van der Waals surface area contributed by atoms with Crippen molar-refractivity contribution < 1.29 is 37.3 Å². The van der Waals surface area contributed by atoms with Gasteiger partial charge in [0.2, 0.25) is 0 Å². The summed E-state index contributed by atoms with van der Waals surface area (Å²) in [5, 5.41) is 0. The molecule has 0 aromatic heterocycles. The third kappa shape index (κ3) is 44.5. The molecule has 0 spiro atoms. The number of carbonyl (C=O) groups is 1. The van der Waals surface area contributed by atoms with E-state index < -0.39 is 19.9 Å². The van der Waals surface area contributed by atoms with Crippen LogP contribution in [0.15, 0.2) is 97.2 Å². The summed E-state index contributed by atoms with van der Waals surface area (Å²) in [6.07, 6.45) is 55.7. The Morgan fingerprint density at radius 2 is 1.00 bits per heavy atom. The molecule has 9 heteroatoms. The molecule has 2 atom stereocenters. The van der Waals surface area contributed by atoms with Crippen molar-refractivity contribution in [3.05, 3.63) is 97.2 Å². The zero-order chi connectivity index (χ0) is 42.7. The molecule has 0 bridgehead atoms. The lowest BCUT2D eigenvalue weighted by Gasteiger charge is -2.28. The average molecular weight is 830 g/mol. The van der Waals surface area contributed by atoms with E-state index in [2.05, 4.69) is 111 Å². The highest BCUT2D eigenvalue weighted by Gasteiger charge is 2.20. The molecule has 0 fully saturated rings. The maximum atomic E-state index is 12.7. The first-order valence-electron chi connectivity index (χ1n) is 22.5. The molecule has 0 aromatic carbocycles. The zero-order valence-corrected chi connectivity index (χ0v) is 38.3. The highest BCUT2D eigenvalue weighted by molar-refractivity contribution is 7.45. The second-order valence-corrected chi connectivity index (χ2v) is 17.1. The topological polar surface area (TPSA) is 94.1 Å². The number of nitrogens with zero attached hydrogens (tertiary/aromatic N) is 1. The first-order chi connectivity index (χ1) is 28.1. The van der Waals surface area contributed by atoms with Crippen molar-refractivity contribution in [3.63, 3.8) is 0 Å². The van der Waals surface area contributed by atoms with Crippen LogP contribution < -0.4 is 4.89 Å². The summed E-state index contributed by atoms with van der Waals surface area (Å²) in [4.78, 5) is 25.0. The second kappa shape index (κ2) is 41.2. The summed E-state index contributed by atoms with van der Waals surface area (Å²) >= 11 is 0. The van der Waals surface area contributed by atoms with Crippen molar-refractivity contribution in [1.29, 1.82) is 0 Å². The van der Waals surface area contributed by atoms with Crippen molar-refractivity contribution in [2.75, 3.05) is 54.1 Å². The Hall–Kier alpha value is -2.58. The van der Waals surface area contributed by atoms with Crippen LogP contribution in [-0.2, 0) is 27.9 Å². The summed E-state index contributed by atoms with van der Waals surface area (Å²) in [5.74, 6) is -0.398. The number of hydrogen-bond acceptors (Lipinski definition) is 7. The molecule has 0 aliphatic carbocycles. The van der Waals surface area contributed by atoms with E-state index in [0.717, 1.165) is 77.0 Å². The summed E-state index contributed by atoms with van der Waals surface area (Å²) in [5.41, 5.74) is 0. The minimum Gasteiger partial charge on any atom is -0.756 e. The number of phosphoric acid groups is 1. The van der Waals surface area contributed by atoms with Gasteiger partial charge in [-0.15, -0.1) is 0 Å². The Kier molecular flexibility index (Phi) is 39.3. The van der Waals surface area contributed by atoms with Crippen molar-refractivity contribution in [3.8, 4) is 0 Å². The highest BCUT2D eigenvalue weighted by Crippen LogP contribution is 2.38. The first kappa shape index (κ1) is 55.4. The number of phosphoric ester groups is 1. The van der Waals surface area contributed by atoms with Gasteiger partial charge in [0.25, 0.3) is 7.82 Å². The highest BCUT2D eigenvalue weighted by atomic mass is 31.2. The van der Waals surface area contributed by atoms with Crippen molar-refractivity contribution in [2.45, 2.75) is 155 Å². The molecule has 0 aliphatic heterocycles. The molecule has 58 heavy (non-hydrogen) atoms. The van der Waals surface area contributed by atoms with Crippen molar-refractivity contribution in [1.82, 2.24) is 0 Å². The Balaban J connectivity index is 4.36. The standard InChI is InChI=1S/C49H84NO7P/c1-6-8-10-12-14-16-18-20-21-22-23-24-25-26-27-28-29-30-32-34-36-38-40-42-49(51)57-48(47-56-58(52,53)55-45-43-50(3,4)5)46-54-44-41-39-37-35-33-31-19-17-15-13-11-9-7-2/h8,10,14-17,20-21,23-24,26-27,29-30,34,36,48H,6-7,9,11-13,18-19,22,25,28,31-33,35,37-47H2,1-5H3/b10-8-,16-14-,17-15-,21-20-,24-23-,27-26-,30-29-,36-34-. The fourth-order valence-electron chi connectivity index (χ4n) is 5.41. The SMILES string of the molecule is CC/C=C\C/C=C\C/C=C\C/C=C\C/C=C\C/C=C\C/C=C\CCCC(=O)OC(COCCCCCCCC/C=C\CCCCC)COP(=O)([O-])OCC[N+](C)(C)C. The summed E-state index contributed by atoms with van der Waals surface area (Å²) in [6.45, 7) is 5.15. The van der Waals surface area contributed by atoms with Gasteiger partial charge < -0.3 is 27.9 Å². The molecule has 0 rings (SSSR count). The van der Waals surface area contributed by atoms with Crippen LogP contribution in [0.1, 0.15) is 149 Å². The number of quaternary nitrogens is 1. The van der Waals surface area contributed by atoms with Crippen LogP contribution in [0.2, 0.25) is 0 Å². The molecule has 0 aliphatic rings. The molecular formula is C49H84NO7P. The molecular weight excluding hydrogens is 746 g/mol. The van der Waals surface area contributed by atoms with Gasteiger partial charge in [-0.25, -0.2) is 0 Å². The van der Waals surface area contributed by atoms with Crippen LogP contribution in [0.5, 0.6) is 0 Å². The number of likely N-dealkylation sites (N-methyl/N-ethyl adjacent to an activating group) is 1. The number of esters is 1. The summed E-state index contributed by atoms with van der Waals surface area (Å²) in [7, 11) is 1.30. The van der Waals surface area contributed by atoms with Crippen LogP contribution >= 0.6 is 7.82 Å². The first-order valence-corrected chi connectivity index (χ1v) is 23.9. The fourth-order valence-corrected chi connectivity index (χ4v) is 6.14. The minimum absolute atomic E-state index is 0.00852. The maximum absolute atomic E-state index is 12.7. The van der Waals surface area contributed by atoms with Crippen LogP contribution in [0.25, 0.3) is 0 Å². The zero-order valence-electron chi connectivity index (χ0n) is 37.5. The van der Waals surface area contributed by atoms with Crippen LogP contribution in [0, 0.1) is 0 Å². The average Bonchev–Trinajstić information content (AvgIpc) is 3.18. The molecule has 0 saturated carbocycles. The van der Waals surface area contributed by atoms with E-state index in [1.165, 1.54) is 44.9 Å². The number of allylic oxidation sites excluding steroid dienone is 16. The van der Waals surface area contributed by atoms with Gasteiger partial charge in [-0.2, -0.15) is 0 Å². The Labute approximate surface area is 356 Å². The number of ether oxygens (including phenoxy) is 2. The van der Waals surface area contributed by atoms with Crippen molar-refractivity contribution in [2.24, 2.45) is 0 Å². The van der Waals surface area contributed by atoms with Gasteiger partial charge in [-0.05, 0) is 89.9 Å². The number of unbranched alkanes of at least 4 members (excludes halogenated alkanes) is 10. The van der Waals surface area contributed by atoms with Gasteiger partial charge >= 0.3 is 5.97 Å². The Morgan fingerprint density at radius 3 is 1.52 bits per heavy atom. The summed E-state index contributed by atoms with van der Waals surface area (Å²) < 4.78 is 34.5. The summed E-state index contributed by atoms with van der Waals surface area (Å²) in [6, 6.07) is 0. The van der Waals surface area contributed by atoms with E-state index in [4.69, 9.17) is 18.5 Å². The predicted octanol–water partition coefficient (Wildman–Crippen LogP) is 12.8. The quantitative estimate of drug-likeness (QED) is 0.0200. The van der Waals surface area contributed by atoms with E-state index in [-0.39, 0.29) is 26.2 Å². The van der Waals surface area contributed by atoms with E-state index in [9.17, 15) is 14.3 Å². The molecule has 332 valence electrons. The maximum Gasteiger partial charge on any atom is 0.306 e. The molecule has 0 saturated heterocycles. The van der Waals surface area contributed by atoms with Gasteiger partial charge in [0.1, 0.15) is 19.3 Å². The largest absolute Gasteiger partial charge is 0.756 e. The monoisotopic (exact) mass is 830 g/mol. The fraction of sp³-hybridized carbons (Fsp3) is 0.653. The lowest BCUT2D eigenvalue weighted by molar-refractivity contribution is -0.870. The number of carbonyl (C=O) groups excluding carboxylic acids is 1. The normalized spacial score (nSPS) is 14.7. The third-order valence-electron chi connectivity index (χ3n) is 8.87. The van der Waals surface area contributed by atoms with Gasteiger partial charge in [0.05, 0.1) is 34.4 Å². The molecule has 8 nitrogen and oxygen atoms in total. The molecule has 0 amide bonds. The second-order valence-electron chi connectivity index (χ2n) is 15.7. The Morgan fingerprint density at radius 1 is 0.552 bits per heavy atom. The number of rotatable bonds is 40.